The quantitative estimate of drug-likeness (QED) is 0.832. The van der Waals surface area contributed by atoms with Crippen LogP contribution in [0, 0.1) is 0 Å². The van der Waals surface area contributed by atoms with Gasteiger partial charge in [0.2, 0.25) is 10.0 Å². The first-order valence-electron chi connectivity index (χ1n) is 6.73. The molecule has 8 heteroatoms. The zero-order valence-electron chi connectivity index (χ0n) is 12.7. The molecule has 0 atom stereocenters. The summed E-state index contributed by atoms with van der Waals surface area (Å²) in [4.78, 5) is 0.0682. The molecule has 0 aliphatic carbocycles. The molecular weight excluding hydrogens is 306 g/mol. The standard InChI is InChI=1S/C14H19N3O4S/c1-4-17-10-11(8-15-17)9-16-22(18,19)14-6-5-12(20-2)7-13(14)21-3/h5-8,10,16H,4,9H2,1-3H3. The number of ether oxygens (including phenoxy) is 2. The molecule has 2 rings (SSSR count). The van der Waals surface area contributed by atoms with E-state index in [1.54, 1.807) is 23.1 Å². The molecule has 1 aromatic carbocycles. The van der Waals surface area contributed by atoms with Crippen LogP contribution in [-0.4, -0.2) is 32.4 Å². The maximum atomic E-state index is 12.4. The Kier molecular flexibility index (Phi) is 5.04. The highest BCUT2D eigenvalue weighted by Crippen LogP contribution is 2.28. The van der Waals surface area contributed by atoms with E-state index < -0.39 is 10.0 Å². The summed E-state index contributed by atoms with van der Waals surface area (Å²) in [5.41, 5.74) is 0.790. The highest BCUT2D eigenvalue weighted by molar-refractivity contribution is 7.89. The van der Waals surface area contributed by atoms with Gasteiger partial charge in [0.1, 0.15) is 16.4 Å². The number of benzene rings is 1. The van der Waals surface area contributed by atoms with Crippen molar-refractivity contribution >= 4 is 10.0 Å². The molecule has 0 aliphatic rings. The first kappa shape index (κ1) is 16.3. The van der Waals surface area contributed by atoms with Gasteiger partial charge in [0.15, 0.2) is 0 Å². The lowest BCUT2D eigenvalue weighted by molar-refractivity contribution is 0.386. The Morgan fingerprint density at radius 3 is 2.64 bits per heavy atom. The number of methoxy groups -OCH3 is 2. The predicted molar refractivity (Wildman–Crippen MR) is 81.5 cm³/mol. The minimum absolute atomic E-state index is 0.0682. The Balaban J connectivity index is 2.19. The zero-order valence-corrected chi connectivity index (χ0v) is 13.6. The number of aryl methyl sites for hydroxylation is 1. The lowest BCUT2D eigenvalue weighted by Crippen LogP contribution is -2.23. The SMILES string of the molecule is CCn1cc(CNS(=O)(=O)c2ccc(OC)cc2OC)cn1. The van der Waals surface area contributed by atoms with Gasteiger partial charge in [0.25, 0.3) is 0 Å². The number of rotatable bonds is 7. The Morgan fingerprint density at radius 2 is 2.05 bits per heavy atom. The van der Waals surface area contributed by atoms with Gasteiger partial charge < -0.3 is 9.47 Å². The Bertz CT molecular complexity index is 740. The fraction of sp³-hybridized carbons (Fsp3) is 0.357. The fourth-order valence-electron chi connectivity index (χ4n) is 1.92. The largest absolute Gasteiger partial charge is 0.497 e. The third-order valence-corrected chi connectivity index (χ3v) is 4.58. The number of sulfonamides is 1. The fourth-order valence-corrected chi connectivity index (χ4v) is 3.09. The van der Waals surface area contributed by atoms with Crippen LogP contribution < -0.4 is 14.2 Å². The average Bonchev–Trinajstić information content (AvgIpc) is 3.00. The molecule has 0 unspecified atom stereocenters. The first-order chi connectivity index (χ1) is 10.5. The third-order valence-electron chi connectivity index (χ3n) is 3.14. The lowest BCUT2D eigenvalue weighted by Gasteiger charge is -2.11. The van der Waals surface area contributed by atoms with Crippen LogP contribution >= 0.6 is 0 Å². The van der Waals surface area contributed by atoms with Crippen LogP contribution in [0.1, 0.15) is 12.5 Å². The summed E-state index contributed by atoms with van der Waals surface area (Å²) < 4.78 is 39.3. The van der Waals surface area contributed by atoms with Crippen molar-refractivity contribution in [3.8, 4) is 11.5 Å². The van der Waals surface area contributed by atoms with Crippen LogP contribution in [0.3, 0.4) is 0 Å². The van der Waals surface area contributed by atoms with Gasteiger partial charge in [-0.3, -0.25) is 4.68 Å². The summed E-state index contributed by atoms with van der Waals surface area (Å²) in [5, 5.41) is 4.11. The van der Waals surface area contributed by atoms with Crippen molar-refractivity contribution in [1.82, 2.24) is 14.5 Å². The number of aromatic nitrogens is 2. The van der Waals surface area contributed by atoms with Crippen LogP contribution in [0.4, 0.5) is 0 Å². The van der Waals surface area contributed by atoms with Crippen molar-refractivity contribution in [1.29, 1.82) is 0 Å². The second kappa shape index (κ2) is 6.80. The topological polar surface area (TPSA) is 82.5 Å². The minimum Gasteiger partial charge on any atom is -0.497 e. The number of nitrogens with one attached hydrogen (secondary N) is 1. The van der Waals surface area contributed by atoms with E-state index in [4.69, 9.17) is 9.47 Å². The van der Waals surface area contributed by atoms with Gasteiger partial charge >= 0.3 is 0 Å². The number of hydrogen-bond acceptors (Lipinski definition) is 5. The molecule has 0 radical (unpaired) electrons. The maximum absolute atomic E-state index is 12.4. The van der Waals surface area contributed by atoms with Crippen LogP contribution in [0.15, 0.2) is 35.5 Å². The number of hydrogen-bond donors (Lipinski definition) is 1. The van der Waals surface area contributed by atoms with Gasteiger partial charge in [0.05, 0.1) is 20.4 Å². The van der Waals surface area contributed by atoms with E-state index in [1.807, 2.05) is 6.92 Å². The highest BCUT2D eigenvalue weighted by Gasteiger charge is 2.20. The van der Waals surface area contributed by atoms with E-state index in [9.17, 15) is 8.42 Å². The van der Waals surface area contributed by atoms with Crippen LogP contribution in [0.5, 0.6) is 11.5 Å². The van der Waals surface area contributed by atoms with Gasteiger partial charge in [-0.2, -0.15) is 5.10 Å². The van der Waals surface area contributed by atoms with E-state index in [1.165, 1.54) is 26.4 Å². The summed E-state index contributed by atoms with van der Waals surface area (Å²) in [6.07, 6.45) is 3.44. The summed E-state index contributed by atoms with van der Waals surface area (Å²) in [6, 6.07) is 4.56. The summed E-state index contributed by atoms with van der Waals surface area (Å²) in [5.74, 6) is 0.760. The van der Waals surface area contributed by atoms with Crippen LogP contribution in [-0.2, 0) is 23.1 Å². The molecule has 1 N–H and O–H groups in total. The molecule has 1 aromatic heterocycles. The monoisotopic (exact) mass is 325 g/mol. The van der Waals surface area contributed by atoms with Crippen molar-refractivity contribution in [3.63, 3.8) is 0 Å². The van der Waals surface area contributed by atoms with Gasteiger partial charge in [-0.05, 0) is 19.1 Å². The summed E-state index contributed by atoms with van der Waals surface area (Å²) in [7, 11) is -0.769. The molecule has 0 saturated heterocycles. The molecule has 1 heterocycles. The van der Waals surface area contributed by atoms with Gasteiger partial charge in [0, 0.05) is 30.9 Å². The molecule has 0 aliphatic heterocycles. The average molecular weight is 325 g/mol. The zero-order chi connectivity index (χ0) is 16.2. The molecule has 22 heavy (non-hydrogen) atoms. The van der Waals surface area contributed by atoms with Crippen LogP contribution in [0.2, 0.25) is 0 Å². The van der Waals surface area contributed by atoms with Crippen molar-refractivity contribution in [3.05, 3.63) is 36.2 Å². The Morgan fingerprint density at radius 1 is 1.27 bits per heavy atom. The van der Waals surface area contributed by atoms with E-state index in [-0.39, 0.29) is 17.2 Å². The minimum atomic E-state index is -3.69. The smallest absolute Gasteiger partial charge is 0.244 e. The summed E-state index contributed by atoms with van der Waals surface area (Å²) >= 11 is 0. The molecule has 0 saturated carbocycles. The van der Waals surface area contributed by atoms with Gasteiger partial charge in [-0.25, -0.2) is 13.1 Å². The molecule has 0 amide bonds. The third kappa shape index (κ3) is 3.58. The second-order valence-electron chi connectivity index (χ2n) is 4.55. The second-order valence-corrected chi connectivity index (χ2v) is 6.28. The Labute approximate surface area is 129 Å². The Hall–Kier alpha value is -2.06. The molecule has 120 valence electrons. The molecular formula is C14H19N3O4S. The first-order valence-corrected chi connectivity index (χ1v) is 8.21. The lowest BCUT2D eigenvalue weighted by atomic mass is 10.3. The predicted octanol–water partition coefficient (Wildman–Crippen LogP) is 1.40. The van der Waals surface area contributed by atoms with Crippen molar-refractivity contribution in [2.45, 2.75) is 24.9 Å². The van der Waals surface area contributed by atoms with Gasteiger partial charge in [-0.15, -0.1) is 0 Å². The molecule has 0 bridgehead atoms. The van der Waals surface area contributed by atoms with Crippen LogP contribution in [0.25, 0.3) is 0 Å². The van der Waals surface area contributed by atoms with Crippen molar-refractivity contribution in [2.75, 3.05) is 14.2 Å². The van der Waals surface area contributed by atoms with E-state index in [0.29, 0.717) is 5.75 Å². The molecule has 0 fully saturated rings. The normalized spacial score (nSPS) is 11.4. The number of nitrogens with zero attached hydrogens (tertiary/aromatic N) is 2. The molecule has 7 nitrogen and oxygen atoms in total. The highest BCUT2D eigenvalue weighted by atomic mass is 32.2. The van der Waals surface area contributed by atoms with E-state index >= 15 is 0 Å². The van der Waals surface area contributed by atoms with Crippen molar-refractivity contribution in [2.24, 2.45) is 0 Å². The maximum Gasteiger partial charge on any atom is 0.244 e. The van der Waals surface area contributed by atoms with Gasteiger partial charge in [-0.1, -0.05) is 0 Å². The van der Waals surface area contributed by atoms with E-state index in [0.717, 1.165) is 12.1 Å². The molecule has 2 aromatic rings. The molecule has 0 spiro atoms. The van der Waals surface area contributed by atoms with E-state index in [2.05, 4.69) is 9.82 Å². The van der Waals surface area contributed by atoms with Crippen molar-refractivity contribution < 1.29 is 17.9 Å². The summed E-state index contributed by atoms with van der Waals surface area (Å²) in [6.45, 7) is 2.86.